The van der Waals surface area contributed by atoms with Gasteiger partial charge in [0.05, 0.1) is 6.10 Å². The fraction of sp³-hybridized carbons (Fsp3) is 0.920. The van der Waals surface area contributed by atoms with Gasteiger partial charge >= 0.3 is 5.97 Å². The van der Waals surface area contributed by atoms with E-state index in [-0.39, 0.29) is 47.0 Å². The van der Waals surface area contributed by atoms with Crippen LogP contribution in [-0.4, -0.2) is 28.1 Å². The zero-order chi connectivity index (χ0) is 21.1. The number of carboxylic acid groups (broad SMARTS) is 1. The average Bonchev–Trinajstić information content (AvgIpc) is 3.01. The van der Waals surface area contributed by atoms with Crippen molar-refractivity contribution in [3.8, 4) is 0 Å². The Morgan fingerprint density at radius 3 is 2.59 bits per heavy atom. The lowest BCUT2D eigenvalue weighted by Crippen LogP contribution is -2.61. The Kier molecular flexibility index (Phi) is 5.41. The van der Waals surface area contributed by atoms with Gasteiger partial charge in [0.25, 0.3) is 0 Å². The molecule has 0 aromatic rings. The van der Waals surface area contributed by atoms with Crippen molar-refractivity contribution in [1.82, 2.24) is 0 Å². The zero-order valence-electron chi connectivity index (χ0n) is 18.7. The molecule has 0 unspecified atom stereocenters. The topological polar surface area (TPSA) is 74.6 Å². The summed E-state index contributed by atoms with van der Waals surface area (Å²) in [6.07, 6.45) is 7.72. The van der Waals surface area contributed by atoms with Crippen LogP contribution in [0.1, 0.15) is 85.5 Å². The van der Waals surface area contributed by atoms with Gasteiger partial charge in [-0.25, -0.2) is 0 Å². The predicted molar refractivity (Wildman–Crippen MR) is 112 cm³/mol. The maximum absolute atomic E-state index is 13.7. The van der Waals surface area contributed by atoms with E-state index in [0.29, 0.717) is 30.5 Å². The van der Waals surface area contributed by atoms with Crippen molar-refractivity contribution in [1.29, 1.82) is 0 Å². The van der Waals surface area contributed by atoms with Gasteiger partial charge in [-0.2, -0.15) is 0 Å². The molecule has 29 heavy (non-hydrogen) atoms. The smallest absolute Gasteiger partial charge is 0.303 e. The van der Waals surface area contributed by atoms with E-state index in [4.69, 9.17) is 5.11 Å². The second-order valence-electron chi connectivity index (χ2n) is 11.7. The number of aliphatic hydroxyl groups is 1. The van der Waals surface area contributed by atoms with Gasteiger partial charge in [0, 0.05) is 18.3 Å². The minimum absolute atomic E-state index is 0.180. The van der Waals surface area contributed by atoms with E-state index >= 15 is 0 Å². The molecule has 4 aliphatic carbocycles. The largest absolute Gasteiger partial charge is 0.481 e. The number of hydrogen-bond donors (Lipinski definition) is 2. The first-order valence-electron chi connectivity index (χ1n) is 12.0. The van der Waals surface area contributed by atoms with Crippen LogP contribution in [0.2, 0.25) is 0 Å². The van der Waals surface area contributed by atoms with Crippen LogP contribution in [0.15, 0.2) is 0 Å². The number of fused-ring (bicyclic) bond motifs is 5. The Labute approximate surface area is 175 Å². The summed E-state index contributed by atoms with van der Waals surface area (Å²) in [7, 11) is 0. The SMILES string of the molecule is C[C@@H]1CC[C@@]2(C)[C@@H](C1)C[C@@H](O)[C@@H]1[C@@H]2CC(=O)[C@]2(C)[C@@H]([C@H](C)CCC(=O)O)CC[C@@H]12. The number of carboxylic acids is 1. The molecule has 4 saturated carbocycles. The number of aliphatic hydroxyl groups excluding tert-OH is 1. The van der Waals surface area contributed by atoms with Gasteiger partial charge in [-0.3, -0.25) is 9.59 Å². The lowest BCUT2D eigenvalue weighted by molar-refractivity contribution is -0.178. The average molecular weight is 405 g/mol. The summed E-state index contributed by atoms with van der Waals surface area (Å²) in [5.74, 6) is 2.25. The highest BCUT2D eigenvalue weighted by molar-refractivity contribution is 5.87. The molecule has 0 amide bonds. The molecule has 4 nitrogen and oxygen atoms in total. The van der Waals surface area contributed by atoms with Gasteiger partial charge in [0.15, 0.2) is 0 Å². The maximum Gasteiger partial charge on any atom is 0.303 e. The molecule has 0 aromatic heterocycles. The molecular formula is C25H40O4. The molecule has 4 rings (SSSR count). The number of carbonyl (C=O) groups is 2. The third kappa shape index (κ3) is 3.20. The summed E-state index contributed by atoms with van der Waals surface area (Å²) in [5.41, 5.74) is -0.189. The molecule has 4 aliphatic rings. The summed E-state index contributed by atoms with van der Waals surface area (Å²) in [5, 5.41) is 20.4. The second-order valence-corrected chi connectivity index (χ2v) is 11.7. The van der Waals surface area contributed by atoms with Crippen molar-refractivity contribution in [3.63, 3.8) is 0 Å². The standard InChI is InChI=1S/C25H40O4/c1-14-9-10-24(3)16(11-14)12-20(26)23-18-7-6-17(15(2)5-8-22(28)29)25(18,4)21(27)13-19(23)24/h14-20,23,26H,5-13H2,1-4H3,(H,28,29)/t14-,15-,16+,17-,18+,19+,20-,23+,24+,25-/m1/s1. The van der Waals surface area contributed by atoms with Crippen LogP contribution in [0, 0.1) is 52.3 Å². The molecule has 164 valence electrons. The number of rotatable bonds is 4. The van der Waals surface area contributed by atoms with Gasteiger partial charge in [0.2, 0.25) is 0 Å². The van der Waals surface area contributed by atoms with E-state index in [1.54, 1.807) is 0 Å². The normalized spacial score (nSPS) is 50.4. The molecule has 0 radical (unpaired) electrons. The first kappa shape index (κ1) is 21.3. The van der Waals surface area contributed by atoms with E-state index in [1.807, 2.05) is 0 Å². The quantitative estimate of drug-likeness (QED) is 0.696. The van der Waals surface area contributed by atoms with E-state index in [2.05, 4.69) is 27.7 Å². The van der Waals surface area contributed by atoms with E-state index in [1.165, 1.54) is 19.3 Å². The van der Waals surface area contributed by atoms with Crippen LogP contribution in [0.4, 0.5) is 0 Å². The van der Waals surface area contributed by atoms with E-state index < -0.39 is 5.97 Å². The summed E-state index contributed by atoms with van der Waals surface area (Å²) in [6.45, 7) is 9.05. The molecule has 0 spiro atoms. The summed E-state index contributed by atoms with van der Waals surface area (Å²) >= 11 is 0. The Morgan fingerprint density at radius 1 is 1.17 bits per heavy atom. The van der Waals surface area contributed by atoms with Crippen molar-refractivity contribution in [2.24, 2.45) is 52.3 Å². The molecule has 0 aromatic carbocycles. The van der Waals surface area contributed by atoms with Gasteiger partial charge in [-0.1, -0.05) is 34.1 Å². The molecule has 4 fully saturated rings. The number of Topliss-reactive ketones (excluding diaryl/α,β-unsaturated/α-hetero) is 1. The molecule has 4 heteroatoms. The van der Waals surface area contributed by atoms with Crippen molar-refractivity contribution >= 4 is 11.8 Å². The third-order valence-electron chi connectivity index (χ3n) is 10.4. The summed E-state index contributed by atoms with van der Waals surface area (Å²) in [6, 6.07) is 0. The highest BCUT2D eigenvalue weighted by Crippen LogP contribution is 2.67. The van der Waals surface area contributed by atoms with Gasteiger partial charge < -0.3 is 10.2 Å². The fourth-order valence-corrected chi connectivity index (χ4v) is 8.65. The van der Waals surface area contributed by atoms with Crippen LogP contribution in [-0.2, 0) is 9.59 Å². The Morgan fingerprint density at radius 2 is 1.90 bits per heavy atom. The van der Waals surface area contributed by atoms with Crippen LogP contribution in [0.25, 0.3) is 0 Å². The monoisotopic (exact) mass is 404 g/mol. The van der Waals surface area contributed by atoms with Crippen molar-refractivity contribution in [2.45, 2.75) is 91.6 Å². The second kappa shape index (κ2) is 7.35. The van der Waals surface area contributed by atoms with Crippen LogP contribution < -0.4 is 0 Å². The highest BCUT2D eigenvalue weighted by atomic mass is 16.4. The van der Waals surface area contributed by atoms with Crippen molar-refractivity contribution in [2.75, 3.05) is 0 Å². The molecule has 0 aliphatic heterocycles. The minimum Gasteiger partial charge on any atom is -0.481 e. The first-order valence-corrected chi connectivity index (χ1v) is 12.0. The number of aliphatic carboxylic acids is 1. The van der Waals surface area contributed by atoms with Crippen molar-refractivity contribution in [3.05, 3.63) is 0 Å². The predicted octanol–water partition coefficient (Wildman–Crippen LogP) is 4.93. The third-order valence-corrected chi connectivity index (χ3v) is 10.4. The molecule has 0 heterocycles. The van der Waals surface area contributed by atoms with E-state index in [0.717, 1.165) is 25.2 Å². The molecular weight excluding hydrogens is 364 g/mol. The number of carbonyl (C=O) groups excluding carboxylic acids is 1. The van der Waals surface area contributed by atoms with Crippen molar-refractivity contribution < 1.29 is 19.8 Å². The van der Waals surface area contributed by atoms with Crippen LogP contribution >= 0.6 is 0 Å². The Bertz CT molecular complexity index is 674. The van der Waals surface area contributed by atoms with Gasteiger partial charge in [-0.05, 0) is 85.4 Å². The highest BCUT2D eigenvalue weighted by Gasteiger charge is 2.65. The fourth-order valence-electron chi connectivity index (χ4n) is 8.65. The van der Waals surface area contributed by atoms with E-state index in [9.17, 15) is 14.7 Å². The van der Waals surface area contributed by atoms with Gasteiger partial charge in [0.1, 0.15) is 5.78 Å². The lowest BCUT2D eigenvalue weighted by atomic mass is 9.43. The minimum atomic E-state index is -0.750. The first-order chi connectivity index (χ1) is 13.6. The van der Waals surface area contributed by atoms with Gasteiger partial charge in [-0.15, -0.1) is 0 Å². The molecule has 0 saturated heterocycles. The maximum atomic E-state index is 13.7. The zero-order valence-corrected chi connectivity index (χ0v) is 18.7. The number of ketones is 1. The summed E-state index contributed by atoms with van der Waals surface area (Å²) < 4.78 is 0. The molecule has 10 atom stereocenters. The Hall–Kier alpha value is -0.900. The lowest BCUT2D eigenvalue weighted by Gasteiger charge is -2.62. The van der Waals surface area contributed by atoms with Crippen LogP contribution in [0.3, 0.4) is 0 Å². The Balaban J connectivity index is 1.62. The molecule has 0 bridgehead atoms. The number of hydrogen-bond acceptors (Lipinski definition) is 3. The molecule has 2 N–H and O–H groups in total. The summed E-state index contributed by atoms with van der Waals surface area (Å²) in [4.78, 5) is 24.8. The van der Waals surface area contributed by atoms with Crippen LogP contribution in [0.5, 0.6) is 0 Å².